The van der Waals surface area contributed by atoms with Gasteiger partial charge < -0.3 is 15.0 Å². The number of aromatic nitrogens is 2. The van der Waals surface area contributed by atoms with Gasteiger partial charge in [-0.3, -0.25) is 4.79 Å². The minimum Gasteiger partial charge on any atom is -0.457 e. The third-order valence-electron chi connectivity index (χ3n) is 5.38. The number of aryl methyl sites for hydroxylation is 2. The number of carbonyl (C=O) groups excluding carboxylic acids is 1. The van der Waals surface area contributed by atoms with E-state index in [1.165, 1.54) is 0 Å². The average Bonchev–Trinajstić information content (AvgIpc) is 3.19. The topological polar surface area (TPSA) is 67.4 Å². The van der Waals surface area contributed by atoms with Crippen molar-refractivity contribution in [3.05, 3.63) is 58.7 Å². The Balaban J connectivity index is 1.67. The summed E-state index contributed by atoms with van der Waals surface area (Å²) in [6.45, 7) is 8.56. The molecule has 3 aromatic rings. The Morgan fingerprint density at radius 3 is 2.68 bits per heavy atom. The first-order valence-corrected chi connectivity index (χ1v) is 11.4. The minimum absolute atomic E-state index is 0.0875. The van der Waals surface area contributed by atoms with Crippen LogP contribution in [0.2, 0.25) is 0 Å². The standard InChI is InChI=1S/C24H30N4O2S/c1-6-19(11-13-28(5)18(4)29)21-15-31-24(26-21)27-22-14-20(10-12-25-22)30-23-16(2)8-7-9-17(23)3/h7-10,12,14-15,19H,6,11,13H2,1-5H3,(H,25,26,27). The minimum atomic E-state index is 0.0875. The first-order valence-electron chi connectivity index (χ1n) is 10.5. The smallest absolute Gasteiger partial charge is 0.219 e. The highest BCUT2D eigenvalue weighted by atomic mass is 32.1. The van der Waals surface area contributed by atoms with Gasteiger partial charge in [0.1, 0.15) is 17.3 Å². The molecule has 0 aliphatic rings. The molecule has 0 saturated heterocycles. The van der Waals surface area contributed by atoms with Gasteiger partial charge in [-0.25, -0.2) is 9.97 Å². The van der Waals surface area contributed by atoms with Crippen molar-refractivity contribution in [1.82, 2.24) is 14.9 Å². The van der Waals surface area contributed by atoms with E-state index >= 15 is 0 Å². The normalized spacial score (nSPS) is 11.8. The molecule has 0 fully saturated rings. The Morgan fingerprint density at radius 2 is 2.00 bits per heavy atom. The fourth-order valence-electron chi connectivity index (χ4n) is 3.33. The predicted octanol–water partition coefficient (Wildman–Crippen LogP) is 6.05. The lowest BCUT2D eigenvalue weighted by Gasteiger charge is -2.18. The summed E-state index contributed by atoms with van der Waals surface area (Å²) in [5.74, 6) is 2.70. The number of hydrogen-bond acceptors (Lipinski definition) is 6. The van der Waals surface area contributed by atoms with Gasteiger partial charge in [-0.2, -0.15) is 0 Å². The Kier molecular flexibility index (Phi) is 7.63. The molecule has 6 nitrogen and oxygen atoms in total. The van der Waals surface area contributed by atoms with Crippen LogP contribution < -0.4 is 10.1 Å². The maximum atomic E-state index is 11.5. The fourth-order valence-corrected chi connectivity index (χ4v) is 4.13. The van der Waals surface area contributed by atoms with Gasteiger partial charge in [-0.15, -0.1) is 11.3 Å². The van der Waals surface area contributed by atoms with E-state index in [4.69, 9.17) is 9.72 Å². The number of hydrogen-bond donors (Lipinski definition) is 1. The molecule has 31 heavy (non-hydrogen) atoms. The average molecular weight is 439 g/mol. The van der Waals surface area contributed by atoms with Crippen LogP contribution in [0.25, 0.3) is 0 Å². The van der Waals surface area contributed by atoms with E-state index in [-0.39, 0.29) is 5.91 Å². The van der Waals surface area contributed by atoms with Crippen LogP contribution in [0.3, 0.4) is 0 Å². The van der Waals surface area contributed by atoms with E-state index < -0.39 is 0 Å². The second-order valence-corrected chi connectivity index (χ2v) is 8.59. The molecule has 0 aliphatic heterocycles. The summed E-state index contributed by atoms with van der Waals surface area (Å²) in [6, 6.07) is 9.84. The van der Waals surface area contributed by atoms with Crippen LogP contribution in [0.15, 0.2) is 41.9 Å². The maximum absolute atomic E-state index is 11.5. The summed E-state index contributed by atoms with van der Waals surface area (Å²) >= 11 is 1.56. The molecule has 0 spiro atoms. The molecular weight excluding hydrogens is 408 g/mol. The Labute approximate surface area is 188 Å². The highest BCUT2D eigenvalue weighted by Gasteiger charge is 2.15. The van der Waals surface area contributed by atoms with Crippen LogP contribution >= 0.6 is 11.3 Å². The number of para-hydroxylation sites is 1. The third-order valence-corrected chi connectivity index (χ3v) is 6.15. The highest BCUT2D eigenvalue weighted by molar-refractivity contribution is 7.13. The molecule has 0 aliphatic carbocycles. The molecule has 1 amide bonds. The Bertz CT molecular complexity index is 1010. The van der Waals surface area contributed by atoms with Gasteiger partial charge in [0.15, 0.2) is 5.13 Å². The zero-order chi connectivity index (χ0) is 22.4. The number of benzene rings is 1. The molecule has 7 heteroatoms. The number of amides is 1. The monoisotopic (exact) mass is 438 g/mol. The molecule has 0 radical (unpaired) electrons. The van der Waals surface area contributed by atoms with Crippen molar-refractivity contribution < 1.29 is 9.53 Å². The van der Waals surface area contributed by atoms with Crippen molar-refractivity contribution in [2.24, 2.45) is 0 Å². The zero-order valence-electron chi connectivity index (χ0n) is 18.8. The van der Waals surface area contributed by atoms with Crippen LogP contribution in [0.5, 0.6) is 11.5 Å². The molecular formula is C24H30N4O2S. The van der Waals surface area contributed by atoms with E-state index in [0.29, 0.717) is 11.7 Å². The largest absolute Gasteiger partial charge is 0.457 e. The number of nitrogens with one attached hydrogen (secondary N) is 1. The van der Waals surface area contributed by atoms with Gasteiger partial charge in [-0.1, -0.05) is 25.1 Å². The lowest BCUT2D eigenvalue weighted by Crippen LogP contribution is -2.26. The molecule has 2 aromatic heterocycles. The zero-order valence-corrected chi connectivity index (χ0v) is 19.6. The number of ether oxygens (including phenoxy) is 1. The molecule has 2 heterocycles. The number of pyridine rings is 1. The molecule has 1 N–H and O–H groups in total. The summed E-state index contributed by atoms with van der Waals surface area (Å²) in [5.41, 5.74) is 3.24. The van der Waals surface area contributed by atoms with Crippen molar-refractivity contribution in [2.75, 3.05) is 18.9 Å². The van der Waals surface area contributed by atoms with Crippen molar-refractivity contribution in [1.29, 1.82) is 0 Å². The van der Waals surface area contributed by atoms with Gasteiger partial charge >= 0.3 is 0 Å². The lowest BCUT2D eigenvalue weighted by molar-refractivity contribution is -0.127. The number of carbonyl (C=O) groups is 1. The van der Waals surface area contributed by atoms with Gasteiger partial charge in [0.25, 0.3) is 0 Å². The lowest BCUT2D eigenvalue weighted by atomic mass is 9.99. The van der Waals surface area contributed by atoms with E-state index in [1.54, 1.807) is 29.4 Å². The van der Waals surface area contributed by atoms with Gasteiger partial charge in [0, 0.05) is 44.1 Å². The number of anilines is 2. The molecule has 164 valence electrons. The maximum Gasteiger partial charge on any atom is 0.219 e. The van der Waals surface area contributed by atoms with Crippen LogP contribution in [-0.2, 0) is 4.79 Å². The summed E-state index contributed by atoms with van der Waals surface area (Å²) in [5, 5.41) is 6.17. The van der Waals surface area contributed by atoms with Crippen LogP contribution in [0, 0.1) is 13.8 Å². The Morgan fingerprint density at radius 1 is 1.26 bits per heavy atom. The van der Waals surface area contributed by atoms with Crippen molar-refractivity contribution in [3.63, 3.8) is 0 Å². The van der Waals surface area contributed by atoms with Crippen LogP contribution in [0.1, 0.15) is 49.4 Å². The van der Waals surface area contributed by atoms with E-state index in [2.05, 4.69) is 22.6 Å². The van der Waals surface area contributed by atoms with E-state index in [0.717, 1.165) is 52.8 Å². The number of nitrogens with zero attached hydrogens (tertiary/aromatic N) is 3. The Hall–Kier alpha value is -2.93. The predicted molar refractivity (Wildman–Crippen MR) is 127 cm³/mol. The fraction of sp³-hybridized carbons (Fsp3) is 0.375. The summed E-state index contributed by atoms with van der Waals surface area (Å²) in [7, 11) is 1.84. The molecule has 0 bridgehead atoms. The molecule has 3 rings (SSSR count). The first kappa shape index (κ1) is 22.7. The summed E-state index contributed by atoms with van der Waals surface area (Å²) < 4.78 is 6.12. The van der Waals surface area contributed by atoms with Crippen LogP contribution in [-0.4, -0.2) is 34.4 Å². The quantitative estimate of drug-likeness (QED) is 0.440. The first-order chi connectivity index (χ1) is 14.9. The van der Waals surface area contributed by atoms with Crippen molar-refractivity contribution in [3.8, 4) is 11.5 Å². The second kappa shape index (κ2) is 10.4. The second-order valence-electron chi connectivity index (χ2n) is 7.74. The van der Waals surface area contributed by atoms with Crippen molar-refractivity contribution >= 4 is 28.2 Å². The number of rotatable bonds is 9. The van der Waals surface area contributed by atoms with Gasteiger partial charge in [-0.05, 0) is 43.9 Å². The molecule has 1 atom stereocenters. The number of thiazole rings is 1. The van der Waals surface area contributed by atoms with E-state index in [9.17, 15) is 4.79 Å². The third kappa shape index (κ3) is 6.04. The molecule has 0 saturated carbocycles. The van der Waals surface area contributed by atoms with Crippen LogP contribution in [0.4, 0.5) is 10.9 Å². The summed E-state index contributed by atoms with van der Waals surface area (Å²) in [4.78, 5) is 22.4. The van der Waals surface area contributed by atoms with E-state index in [1.807, 2.05) is 51.2 Å². The molecule has 1 aromatic carbocycles. The van der Waals surface area contributed by atoms with Crippen molar-refractivity contribution in [2.45, 2.75) is 46.5 Å². The SMILES string of the molecule is CCC(CCN(C)C(C)=O)c1csc(Nc2cc(Oc3c(C)cccc3C)ccn2)n1. The van der Waals surface area contributed by atoms with Gasteiger partial charge in [0.05, 0.1) is 5.69 Å². The summed E-state index contributed by atoms with van der Waals surface area (Å²) in [6.07, 6.45) is 3.60. The van der Waals surface area contributed by atoms with Gasteiger partial charge in [0.2, 0.25) is 5.91 Å². The molecule has 1 unspecified atom stereocenters. The highest BCUT2D eigenvalue weighted by Crippen LogP contribution is 2.31.